The molecule has 0 aromatic carbocycles. The fourth-order valence-corrected chi connectivity index (χ4v) is 1.04. The minimum Gasteiger partial charge on any atom is -0.326 e. The van der Waals surface area contributed by atoms with Gasteiger partial charge in [0.25, 0.3) is 0 Å². The Morgan fingerprint density at radius 1 is 1.69 bits per heavy atom. The van der Waals surface area contributed by atoms with E-state index >= 15 is 0 Å². The number of carbonyl (C=O) groups excluding carboxylic acids is 1. The number of carbonyl (C=O) groups is 1. The van der Waals surface area contributed by atoms with Crippen LogP contribution < -0.4 is 10.7 Å². The molecule has 2 amide bonds. The lowest BCUT2D eigenvalue weighted by Crippen LogP contribution is -2.48. The fourth-order valence-electron chi connectivity index (χ4n) is 1.04. The molecule has 0 radical (unpaired) electrons. The molecule has 70 valence electrons. The monoisotopic (exact) mass is 179 g/mol. The molecule has 0 saturated heterocycles. The van der Waals surface area contributed by atoms with Gasteiger partial charge in [0.1, 0.15) is 0 Å². The van der Waals surface area contributed by atoms with Gasteiger partial charge in [0.05, 0.1) is 6.54 Å². The first-order chi connectivity index (χ1) is 6.34. The highest BCUT2D eigenvalue weighted by atomic mass is 16.2. The van der Waals surface area contributed by atoms with Crippen LogP contribution in [0.5, 0.6) is 0 Å². The van der Waals surface area contributed by atoms with E-state index in [1.165, 1.54) is 5.01 Å². The quantitative estimate of drug-likeness (QED) is 0.443. The van der Waals surface area contributed by atoms with Crippen LogP contribution in [-0.2, 0) is 0 Å². The summed E-state index contributed by atoms with van der Waals surface area (Å²) in [4.78, 5) is 11.3. The van der Waals surface area contributed by atoms with Crippen molar-refractivity contribution < 1.29 is 4.79 Å². The maximum Gasteiger partial charge on any atom is 0.332 e. The predicted molar refractivity (Wildman–Crippen MR) is 50.7 cm³/mol. The molecule has 13 heavy (non-hydrogen) atoms. The average Bonchev–Trinajstić information content (AvgIpc) is 2.42. The van der Waals surface area contributed by atoms with Gasteiger partial charge in [-0.3, -0.25) is 5.01 Å². The number of urea groups is 1. The van der Waals surface area contributed by atoms with E-state index in [-0.39, 0.29) is 12.6 Å². The average molecular weight is 179 g/mol. The standard InChI is InChI=1S/C9H13N3O/c1-2-6-10-9(13)12-8-5-3-4-7-11-12/h1,3-4,11H,5-8H2,(H,10,13). The van der Waals surface area contributed by atoms with E-state index in [1.807, 2.05) is 12.2 Å². The SMILES string of the molecule is C#CCNC(=O)N1CCC=CCN1. The zero-order valence-corrected chi connectivity index (χ0v) is 7.42. The molecule has 0 atom stereocenters. The summed E-state index contributed by atoms with van der Waals surface area (Å²) in [5, 5.41) is 4.13. The molecular weight excluding hydrogens is 166 g/mol. The normalized spacial score (nSPS) is 16.1. The van der Waals surface area contributed by atoms with Crippen LogP contribution in [0.15, 0.2) is 12.2 Å². The largest absolute Gasteiger partial charge is 0.332 e. The van der Waals surface area contributed by atoms with E-state index in [1.54, 1.807) is 0 Å². The van der Waals surface area contributed by atoms with Crippen molar-refractivity contribution in [1.29, 1.82) is 0 Å². The van der Waals surface area contributed by atoms with Crippen molar-refractivity contribution >= 4 is 6.03 Å². The Morgan fingerprint density at radius 2 is 2.54 bits per heavy atom. The van der Waals surface area contributed by atoms with Crippen molar-refractivity contribution in [1.82, 2.24) is 15.8 Å². The topological polar surface area (TPSA) is 44.4 Å². The number of hydrazine groups is 1. The van der Waals surface area contributed by atoms with E-state index in [0.717, 1.165) is 6.42 Å². The van der Waals surface area contributed by atoms with E-state index in [0.29, 0.717) is 13.1 Å². The Morgan fingerprint density at radius 3 is 3.31 bits per heavy atom. The molecule has 1 heterocycles. The van der Waals surface area contributed by atoms with Gasteiger partial charge in [0.2, 0.25) is 0 Å². The van der Waals surface area contributed by atoms with Crippen LogP contribution in [-0.4, -0.2) is 30.7 Å². The number of amides is 2. The van der Waals surface area contributed by atoms with Crippen LogP contribution in [0.3, 0.4) is 0 Å². The maximum absolute atomic E-state index is 11.3. The highest BCUT2D eigenvalue weighted by Gasteiger charge is 2.11. The van der Waals surface area contributed by atoms with Crippen LogP contribution in [0.25, 0.3) is 0 Å². The molecule has 0 aromatic heterocycles. The molecule has 1 rings (SSSR count). The van der Waals surface area contributed by atoms with Crippen molar-refractivity contribution in [3.8, 4) is 12.3 Å². The van der Waals surface area contributed by atoms with Crippen LogP contribution in [0.2, 0.25) is 0 Å². The van der Waals surface area contributed by atoms with Gasteiger partial charge in [-0.1, -0.05) is 18.1 Å². The smallest absolute Gasteiger partial charge is 0.326 e. The summed E-state index contributed by atoms with van der Waals surface area (Å²) in [6.07, 6.45) is 9.93. The van der Waals surface area contributed by atoms with E-state index in [4.69, 9.17) is 6.42 Å². The second kappa shape index (κ2) is 5.22. The Balaban J connectivity index is 2.34. The van der Waals surface area contributed by atoms with Crippen LogP contribution in [0, 0.1) is 12.3 Å². The summed E-state index contributed by atoms with van der Waals surface area (Å²) >= 11 is 0. The molecule has 0 unspecified atom stereocenters. The zero-order chi connectivity index (χ0) is 9.52. The van der Waals surface area contributed by atoms with Crippen molar-refractivity contribution in [3.05, 3.63) is 12.2 Å². The first kappa shape index (κ1) is 9.62. The predicted octanol–water partition coefficient (Wildman–Crippen LogP) is 0.0957. The van der Waals surface area contributed by atoms with Crippen molar-refractivity contribution in [2.75, 3.05) is 19.6 Å². The lowest BCUT2D eigenvalue weighted by Gasteiger charge is -2.20. The van der Waals surface area contributed by atoms with Crippen molar-refractivity contribution in [2.24, 2.45) is 0 Å². The second-order valence-corrected chi connectivity index (χ2v) is 2.64. The number of terminal acetylenes is 1. The summed E-state index contributed by atoms with van der Waals surface area (Å²) in [7, 11) is 0. The summed E-state index contributed by atoms with van der Waals surface area (Å²) in [6.45, 7) is 1.63. The number of nitrogens with zero attached hydrogens (tertiary/aromatic N) is 1. The number of rotatable bonds is 1. The Hall–Kier alpha value is -1.47. The van der Waals surface area contributed by atoms with Gasteiger partial charge >= 0.3 is 6.03 Å². The van der Waals surface area contributed by atoms with Crippen LogP contribution >= 0.6 is 0 Å². The molecule has 4 heteroatoms. The third kappa shape index (κ3) is 3.18. The van der Waals surface area contributed by atoms with E-state index in [9.17, 15) is 4.79 Å². The van der Waals surface area contributed by atoms with Crippen LogP contribution in [0.1, 0.15) is 6.42 Å². The molecule has 1 aliphatic rings. The van der Waals surface area contributed by atoms with Gasteiger partial charge in [0, 0.05) is 13.1 Å². The van der Waals surface area contributed by atoms with Crippen LogP contribution in [0.4, 0.5) is 4.79 Å². The highest BCUT2D eigenvalue weighted by Crippen LogP contribution is 1.94. The third-order valence-electron chi connectivity index (χ3n) is 1.67. The van der Waals surface area contributed by atoms with Crippen molar-refractivity contribution in [3.63, 3.8) is 0 Å². The highest BCUT2D eigenvalue weighted by molar-refractivity contribution is 5.73. The molecule has 0 fully saturated rings. The molecular formula is C9H13N3O. The van der Waals surface area contributed by atoms with Gasteiger partial charge in [-0.25, -0.2) is 10.2 Å². The third-order valence-corrected chi connectivity index (χ3v) is 1.67. The molecule has 1 aliphatic heterocycles. The molecule has 4 nitrogen and oxygen atoms in total. The molecule has 0 aliphatic carbocycles. The van der Waals surface area contributed by atoms with Crippen molar-refractivity contribution in [2.45, 2.75) is 6.42 Å². The first-order valence-corrected chi connectivity index (χ1v) is 4.22. The van der Waals surface area contributed by atoms with E-state index < -0.39 is 0 Å². The Kier molecular flexibility index (Phi) is 3.86. The lowest BCUT2D eigenvalue weighted by molar-refractivity contribution is 0.178. The van der Waals surface area contributed by atoms with E-state index in [2.05, 4.69) is 16.7 Å². The Labute approximate surface area is 78.0 Å². The molecule has 0 spiro atoms. The summed E-state index contributed by atoms with van der Waals surface area (Å²) in [6, 6.07) is -0.165. The maximum atomic E-state index is 11.3. The fraction of sp³-hybridized carbons (Fsp3) is 0.444. The summed E-state index contributed by atoms with van der Waals surface area (Å²) in [5.74, 6) is 2.35. The molecule has 2 N–H and O–H groups in total. The number of nitrogens with one attached hydrogen (secondary N) is 2. The zero-order valence-electron chi connectivity index (χ0n) is 7.42. The lowest BCUT2D eigenvalue weighted by atomic mass is 10.4. The Bertz CT molecular complexity index is 232. The molecule has 0 aromatic rings. The van der Waals surface area contributed by atoms with Gasteiger partial charge in [-0.2, -0.15) is 0 Å². The minimum atomic E-state index is -0.165. The van der Waals surface area contributed by atoms with Gasteiger partial charge in [0.15, 0.2) is 0 Å². The summed E-state index contributed by atoms with van der Waals surface area (Å²) < 4.78 is 0. The first-order valence-electron chi connectivity index (χ1n) is 4.22. The molecule has 0 bridgehead atoms. The number of hydrogen-bond acceptors (Lipinski definition) is 2. The summed E-state index contributed by atoms with van der Waals surface area (Å²) in [5.41, 5.74) is 2.96. The van der Waals surface area contributed by atoms with Gasteiger partial charge < -0.3 is 5.32 Å². The van der Waals surface area contributed by atoms with Gasteiger partial charge in [-0.15, -0.1) is 6.42 Å². The molecule has 0 saturated carbocycles. The minimum absolute atomic E-state index is 0.165. The second-order valence-electron chi connectivity index (χ2n) is 2.64. The number of hydrogen-bond donors (Lipinski definition) is 2. The van der Waals surface area contributed by atoms with Gasteiger partial charge in [-0.05, 0) is 6.42 Å².